The van der Waals surface area contributed by atoms with Crippen LogP contribution in [0.3, 0.4) is 0 Å². The van der Waals surface area contributed by atoms with Gasteiger partial charge in [-0.3, -0.25) is 24.0 Å². The third-order valence-corrected chi connectivity index (χ3v) is 4.81. The number of nitrogens with one attached hydrogen (secondary N) is 1. The first-order valence-corrected chi connectivity index (χ1v) is 10.3. The van der Waals surface area contributed by atoms with Crippen LogP contribution in [0, 0.1) is 5.92 Å². The Morgan fingerprint density at radius 2 is 1.97 bits per heavy atom. The van der Waals surface area contributed by atoms with E-state index in [4.69, 9.17) is 19.6 Å². The molecule has 3 N–H and O–H groups in total. The van der Waals surface area contributed by atoms with E-state index in [1.54, 1.807) is 24.3 Å². The number of nitrogen functional groups attached to an aromatic ring is 1. The van der Waals surface area contributed by atoms with Crippen molar-refractivity contribution in [1.29, 1.82) is 0 Å². The van der Waals surface area contributed by atoms with Gasteiger partial charge in [0.1, 0.15) is 11.4 Å². The first-order chi connectivity index (χ1) is 15.7. The van der Waals surface area contributed by atoms with Crippen LogP contribution in [-0.2, 0) is 20.8 Å². The summed E-state index contributed by atoms with van der Waals surface area (Å²) in [5, 5.41) is 0.712. The van der Waals surface area contributed by atoms with Crippen molar-refractivity contribution >= 4 is 34.4 Å². The summed E-state index contributed by atoms with van der Waals surface area (Å²) in [4.78, 5) is 53.4. The molecule has 11 nitrogen and oxygen atoms in total. The van der Waals surface area contributed by atoms with Crippen molar-refractivity contribution in [2.45, 2.75) is 20.4 Å². The molecule has 3 rings (SSSR count). The number of para-hydroxylation sites is 1. The minimum absolute atomic E-state index is 0.0509. The van der Waals surface area contributed by atoms with Gasteiger partial charge in [-0.15, -0.1) is 0 Å². The van der Waals surface area contributed by atoms with Crippen LogP contribution in [0.1, 0.15) is 24.4 Å². The molecule has 0 atom stereocenters. The number of aromatic nitrogens is 2. The molecular formula is C22H26N4O7. The Bertz CT molecular complexity index is 1240. The molecule has 0 aliphatic heterocycles. The van der Waals surface area contributed by atoms with Gasteiger partial charge < -0.3 is 19.6 Å². The molecule has 33 heavy (non-hydrogen) atoms. The Labute approximate surface area is 188 Å². The van der Waals surface area contributed by atoms with Crippen LogP contribution in [0.2, 0.25) is 0 Å². The zero-order chi connectivity index (χ0) is 24.1. The van der Waals surface area contributed by atoms with Crippen molar-refractivity contribution in [2.24, 2.45) is 5.92 Å². The standard InChI is InChI=1S/C22H26N4O7/c1-13(2)11-26-19(23)18(20(28)24-22(26)30)25(8-9-31-3)17(27)12-32-21(29)16-10-14-6-4-5-7-15(14)33-16/h4-7,10,13H,8-9,11-12,23H2,1-3H3,(H,24,28,30). The molecule has 0 aliphatic rings. The summed E-state index contributed by atoms with van der Waals surface area (Å²) in [5.41, 5.74) is 4.91. The minimum atomic E-state index is -0.835. The number of esters is 1. The number of carbonyl (C=O) groups is 2. The fourth-order valence-corrected chi connectivity index (χ4v) is 3.29. The third kappa shape index (κ3) is 5.32. The molecule has 0 saturated carbocycles. The lowest BCUT2D eigenvalue weighted by atomic mass is 10.2. The van der Waals surface area contributed by atoms with Crippen molar-refractivity contribution in [2.75, 3.05) is 37.5 Å². The molecule has 0 aliphatic carbocycles. The highest BCUT2D eigenvalue weighted by Crippen LogP contribution is 2.20. The fraction of sp³-hybridized carbons (Fsp3) is 0.364. The summed E-state index contributed by atoms with van der Waals surface area (Å²) >= 11 is 0. The molecule has 11 heteroatoms. The van der Waals surface area contributed by atoms with Crippen LogP contribution in [0.15, 0.2) is 44.3 Å². The fourth-order valence-electron chi connectivity index (χ4n) is 3.29. The van der Waals surface area contributed by atoms with E-state index in [1.165, 1.54) is 17.7 Å². The number of nitrogens with zero attached hydrogens (tertiary/aromatic N) is 2. The second-order valence-corrected chi connectivity index (χ2v) is 7.76. The number of ether oxygens (including phenoxy) is 2. The number of fused-ring (bicyclic) bond motifs is 1. The van der Waals surface area contributed by atoms with Gasteiger partial charge in [-0.05, 0) is 18.1 Å². The van der Waals surface area contributed by atoms with Crippen molar-refractivity contribution < 1.29 is 23.5 Å². The number of hydrogen-bond acceptors (Lipinski definition) is 8. The van der Waals surface area contributed by atoms with Crippen LogP contribution in [0.25, 0.3) is 11.0 Å². The van der Waals surface area contributed by atoms with Gasteiger partial charge in [0, 0.05) is 25.6 Å². The molecule has 2 aromatic heterocycles. The zero-order valence-corrected chi connectivity index (χ0v) is 18.6. The average molecular weight is 458 g/mol. The number of aromatic amines is 1. The molecule has 176 valence electrons. The second kappa shape index (κ2) is 10.2. The summed E-state index contributed by atoms with van der Waals surface area (Å²) in [6.07, 6.45) is 0. The number of furan rings is 1. The van der Waals surface area contributed by atoms with Crippen LogP contribution in [-0.4, -0.2) is 48.3 Å². The van der Waals surface area contributed by atoms with E-state index >= 15 is 0 Å². The van der Waals surface area contributed by atoms with Crippen LogP contribution in [0.4, 0.5) is 11.5 Å². The van der Waals surface area contributed by atoms with Crippen LogP contribution in [0.5, 0.6) is 0 Å². The number of hydrogen-bond donors (Lipinski definition) is 2. The Balaban J connectivity index is 1.85. The van der Waals surface area contributed by atoms with Gasteiger partial charge >= 0.3 is 11.7 Å². The molecule has 2 heterocycles. The number of nitrogens with two attached hydrogens (primary N) is 1. The maximum Gasteiger partial charge on any atom is 0.374 e. The molecule has 3 aromatic rings. The Hall–Kier alpha value is -3.86. The summed E-state index contributed by atoms with van der Waals surface area (Å²) in [7, 11) is 1.43. The first kappa shape index (κ1) is 23.8. The van der Waals surface area contributed by atoms with Gasteiger partial charge in [0.05, 0.1) is 6.61 Å². The Kier molecular flexibility index (Phi) is 7.34. The Morgan fingerprint density at radius 3 is 2.64 bits per heavy atom. The first-order valence-electron chi connectivity index (χ1n) is 10.3. The van der Waals surface area contributed by atoms with Crippen molar-refractivity contribution in [3.8, 4) is 0 Å². The zero-order valence-electron chi connectivity index (χ0n) is 18.6. The molecule has 0 bridgehead atoms. The number of amides is 1. The van der Waals surface area contributed by atoms with Crippen molar-refractivity contribution in [1.82, 2.24) is 9.55 Å². The molecule has 0 fully saturated rings. The van der Waals surface area contributed by atoms with E-state index in [0.717, 1.165) is 4.90 Å². The second-order valence-electron chi connectivity index (χ2n) is 7.76. The highest BCUT2D eigenvalue weighted by atomic mass is 16.5. The van der Waals surface area contributed by atoms with Gasteiger partial charge in [-0.25, -0.2) is 9.59 Å². The molecule has 0 spiro atoms. The summed E-state index contributed by atoms with van der Waals surface area (Å²) < 4.78 is 16.8. The number of carbonyl (C=O) groups excluding carboxylic acids is 2. The highest BCUT2D eigenvalue weighted by molar-refractivity contribution is 5.99. The lowest BCUT2D eigenvalue weighted by Crippen LogP contribution is -2.44. The van der Waals surface area contributed by atoms with Gasteiger partial charge in [0.15, 0.2) is 12.3 Å². The van der Waals surface area contributed by atoms with E-state index in [9.17, 15) is 19.2 Å². The monoisotopic (exact) mass is 458 g/mol. The predicted molar refractivity (Wildman–Crippen MR) is 121 cm³/mol. The minimum Gasteiger partial charge on any atom is -0.450 e. The van der Waals surface area contributed by atoms with Crippen LogP contribution < -0.4 is 21.9 Å². The number of benzene rings is 1. The number of H-pyrrole nitrogens is 1. The van der Waals surface area contributed by atoms with E-state index in [-0.39, 0.29) is 42.9 Å². The maximum absolute atomic E-state index is 12.9. The summed E-state index contributed by atoms with van der Waals surface area (Å²) in [5.74, 6) is -1.72. The normalized spacial score (nSPS) is 11.2. The summed E-state index contributed by atoms with van der Waals surface area (Å²) in [6.45, 7) is 3.34. The highest BCUT2D eigenvalue weighted by Gasteiger charge is 2.26. The van der Waals surface area contributed by atoms with E-state index in [1.807, 2.05) is 13.8 Å². The quantitative estimate of drug-likeness (QED) is 0.456. The number of anilines is 2. The van der Waals surface area contributed by atoms with Gasteiger partial charge in [0.25, 0.3) is 11.5 Å². The van der Waals surface area contributed by atoms with Crippen molar-refractivity contribution in [3.63, 3.8) is 0 Å². The predicted octanol–water partition coefficient (Wildman–Crippen LogP) is 1.36. The van der Waals surface area contributed by atoms with Crippen molar-refractivity contribution in [3.05, 3.63) is 56.9 Å². The molecule has 0 unspecified atom stereocenters. The van der Waals surface area contributed by atoms with E-state index in [0.29, 0.717) is 11.0 Å². The van der Waals surface area contributed by atoms with E-state index in [2.05, 4.69) is 4.98 Å². The number of rotatable bonds is 9. The van der Waals surface area contributed by atoms with E-state index < -0.39 is 29.7 Å². The average Bonchev–Trinajstić information content (AvgIpc) is 3.21. The Morgan fingerprint density at radius 1 is 1.24 bits per heavy atom. The van der Waals surface area contributed by atoms with Gasteiger partial charge in [0.2, 0.25) is 5.76 Å². The van der Waals surface area contributed by atoms with Gasteiger partial charge in [-0.1, -0.05) is 32.0 Å². The lowest BCUT2D eigenvalue weighted by Gasteiger charge is -2.24. The molecule has 0 saturated heterocycles. The number of methoxy groups -OCH3 is 1. The molecule has 0 radical (unpaired) electrons. The largest absolute Gasteiger partial charge is 0.450 e. The third-order valence-electron chi connectivity index (χ3n) is 4.81. The smallest absolute Gasteiger partial charge is 0.374 e. The molecule has 1 aromatic carbocycles. The molecular weight excluding hydrogens is 432 g/mol. The summed E-state index contributed by atoms with van der Waals surface area (Å²) in [6, 6.07) is 8.54. The SMILES string of the molecule is COCCN(C(=O)COC(=O)c1cc2ccccc2o1)c1c(N)n(CC(C)C)c(=O)[nH]c1=O. The van der Waals surface area contributed by atoms with Gasteiger partial charge in [-0.2, -0.15) is 0 Å². The topological polar surface area (TPSA) is 150 Å². The molecule has 1 amide bonds. The maximum atomic E-state index is 12.9. The lowest BCUT2D eigenvalue weighted by molar-refractivity contribution is -0.121. The van der Waals surface area contributed by atoms with Crippen LogP contribution >= 0.6 is 0 Å².